The van der Waals surface area contributed by atoms with E-state index in [1.807, 2.05) is 27.7 Å². The number of piperidine rings is 1. The molecule has 0 atom stereocenters. The largest absolute Gasteiger partial charge is 0.493 e. The third-order valence-electron chi connectivity index (χ3n) is 4.21. The molecule has 7 heteroatoms. The number of ether oxygens (including phenoxy) is 3. The fraction of sp³-hybridized carbons (Fsp3) is 0.600. The minimum atomic E-state index is -0.505. The van der Waals surface area contributed by atoms with Gasteiger partial charge in [-0.2, -0.15) is 0 Å². The van der Waals surface area contributed by atoms with Crippen molar-refractivity contribution >= 4 is 12.0 Å². The summed E-state index contributed by atoms with van der Waals surface area (Å²) in [5.41, 5.74) is 0.0169. The minimum absolute atomic E-state index is 0.0221. The van der Waals surface area contributed by atoms with Gasteiger partial charge >= 0.3 is 6.09 Å². The van der Waals surface area contributed by atoms with Crippen molar-refractivity contribution in [2.45, 2.75) is 52.2 Å². The Morgan fingerprint density at radius 1 is 1.19 bits per heavy atom. The second-order valence-electron chi connectivity index (χ2n) is 7.51. The van der Waals surface area contributed by atoms with Crippen LogP contribution in [0, 0.1) is 0 Å². The maximum absolute atomic E-state index is 12.6. The van der Waals surface area contributed by atoms with Gasteiger partial charge in [-0.1, -0.05) is 0 Å². The Morgan fingerprint density at radius 2 is 1.85 bits per heavy atom. The van der Waals surface area contributed by atoms with Gasteiger partial charge in [-0.05, 0) is 58.7 Å². The highest BCUT2D eigenvalue weighted by molar-refractivity contribution is 5.95. The van der Waals surface area contributed by atoms with Gasteiger partial charge in [-0.25, -0.2) is 4.79 Å². The van der Waals surface area contributed by atoms with E-state index in [0.29, 0.717) is 49.6 Å². The van der Waals surface area contributed by atoms with Gasteiger partial charge in [0.1, 0.15) is 5.60 Å². The number of likely N-dealkylation sites (tertiary alicyclic amines) is 1. The fourth-order valence-electron chi connectivity index (χ4n) is 2.89. The first kappa shape index (κ1) is 20.9. The molecule has 150 valence electrons. The van der Waals surface area contributed by atoms with E-state index < -0.39 is 5.60 Å². The lowest BCUT2D eigenvalue weighted by Gasteiger charge is -2.33. The van der Waals surface area contributed by atoms with Gasteiger partial charge in [0, 0.05) is 24.7 Å². The zero-order valence-corrected chi connectivity index (χ0v) is 16.8. The van der Waals surface area contributed by atoms with Gasteiger partial charge in [-0.3, -0.25) is 4.79 Å². The maximum Gasteiger partial charge on any atom is 0.410 e. The van der Waals surface area contributed by atoms with Gasteiger partial charge in [0.15, 0.2) is 11.5 Å². The smallest absolute Gasteiger partial charge is 0.410 e. The Balaban J connectivity index is 1.91. The van der Waals surface area contributed by atoms with Gasteiger partial charge < -0.3 is 24.4 Å². The van der Waals surface area contributed by atoms with Gasteiger partial charge in [0.25, 0.3) is 5.91 Å². The van der Waals surface area contributed by atoms with Crippen molar-refractivity contribution in [1.82, 2.24) is 10.2 Å². The van der Waals surface area contributed by atoms with Gasteiger partial charge in [0.2, 0.25) is 0 Å². The summed E-state index contributed by atoms with van der Waals surface area (Å²) in [6.07, 6.45) is 1.09. The first-order valence-corrected chi connectivity index (χ1v) is 9.33. The van der Waals surface area contributed by atoms with Crippen molar-refractivity contribution in [2.24, 2.45) is 0 Å². The van der Waals surface area contributed by atoms with E-state index in [9.17, 15) is 9.59 Å². The molecule has 0 aliphatic carbocycles. The van der Waals surface area contributed by atoms with E-state index in [4.69, 9.17) is 14.2 Å². The van der Waals surface area contributed by atoms with Crippen LogP contribution in [0.2, 0.25) is 0 Å². The average molecular weight is 378 g/mol. The predicted molar refractivity (Wildman–Crippen MR) is 102 cm³/mol. The summed E-state index contributed by atoms with van der Waals surface area (Å²) in [6, 6.07) is 5.15. The predicted octanol–water partition coefficient (Wildman–Crippen LogP) is 3.22. The standard InChI is InChI=1S/C20H30N2O5/c1-6-26-17-13-14(7-8-16(17)25-5)18(23)21-15-9-11-22(12-10-15)19(24)27-20(2,3)4/h7-8,13,15H,6,9-12H2,1-5H3,(H,21,23). The SMILES string of the molecule is CCOc1cc(C(=O)NC2CCN(C(=O)OC(C)(C)C)CC2)ccc1OC. The summed E-state index contributed by atoms with van der Waals surface area (Å²) >= 11 is 0. The van der Waals surface area contributed by atoms with E-state index in [-0.39, 0.29) is 18.0 Å². The highest BCUT2D eigenvalue weighted by Gasteiger charge is 2.27. The molecular weight excluding hydrogens is 348 g/mol. The molecule has 1 saturated heterocycles. The summed E-state index contributed by atoms with van der Waals surface area (Å²) in [7, 11) is 1.57. The number of methoxy groups -OCH3 is 1. The van der Waals surface area contributed by atoms with Crippen LogP contribution in [0.5, 0.6) is 11.5 Å². The lowest BCUT2D eigenvalue weighted by Crippen LogP contribution is -2.47. The van der Waals surface area contributed by atoms with Crippen molar-refractivity contribution in [3.8, 4) is 11.5 Å². The molecule has 0 unspecified atom stereocenters. The van der Waals surface area contributed by atoms with E-state index >= 15 is 0 Å². The molecular formula is C20H30N2O5. The van der Waals surface area contributed by atoms with E-state index in [2.05, 4.69) is 5.32 Å². The zero-order valence-electron chi connectivity index (χ0n) is 16.8. The molecule has 2 rings (SSSR count). The molecule has 1 aliphatic rings. The Hall–Kier alpha value is -2.44. The molecule has 1 aromatic carbocycles. The molecule has 7 nitrogen and oxygen atoms in total. The maximum atomic E-state index is 12.6. The van der Waals surface area contributed by atoms with Crippen LogP contribution in [-0.2, 0) is 4.74 Å². The summed E-state index contributed by atoms with van der Waals surface area (Å²) < 4.78 is 16.2. The lowest BCUT2D eigenvalue weighted by atomic mass is 10.0. The third kappa shape index (κ3) is 6.05. The molecule has 1 fully saturated rings. The molecule has 27 heavy (non-hydrogen) atoms. The van der Waals surface area contributed by atoms with E-state index in [1.54, 1.807) is 30.2 Å². The first-order chi connectivity index (χ1) is 12.7. The Labute approximate surface area is 161 Å². The molecule has 1 aliphatic heterocycles. The number of rotatable bonds is 5. The van der Waals surface area contributed by atoms with Crippen LogP contribution < -0.4 is 14.8 Å². The van der Waals surface area contributed by atoms with Crippen LogP contribution in [0.15, 0.2) is 18.2 Å². The molecule has 0 bridgehead atoms. The quantitative estimate of drug-likeness (QED) is 0.851. The van der Waals surface area contributed by atoms with Gasteiger partial charge in [0.05, 0.1) is 13.7 Å². The number of nitrogens with one attached hydrogen (secondary N) is 1. The second-order valence-corrected chi connectivity index (χ2v) is 7.51. The normalized spacial score (nSPS) is 15.2. The number of hydrogen-bond acceptors (Lipinski definition) is 5. The Morgan fingerprint density at radius 3 is 2.41 bits per heavy atom. The molecule has 1 heterocycles. The van der Waals surface area contributed by atoms with E-state index in [0.717, 1.165) is 0 Å². The highest BCUT2D eigenvalue weighted by atomic mass is 16.6. The summed E-state index contributed by atoms with van der Waals surface area (Å²) in [4.78, 5) is 26.4. The molecule has 0 aromatic heterocycles. The Bertz CT molecular complexity index is 661. The number of carbonyl (C=O) groups excluding carboxylic acids is 2. The average Bonchev–Trinajstić information content (AvgIpc) is 2.61. The molecule has 0 radical (unpaired) electrons. The van der Waals surface area contributed by atoms with Crippen molar-refractivity contribution in [2.75, 3.05) is 26.8 Å². The molecule has 0 saturated carbocycles. The monoisotopic (exact) mass is 378 g/mol. The number of carbonyl (C=O) groups is 2. The third-order valence-corrected chi connectivity index (χ3v) is 4.21. The summed E-state index contributed by atoms with van der Waals surface area (Å²) in [6.45, 7) is 9.05. The number of amides is 2. The van der Waals surface area contributed by atoms with Gasteiger partial charge in [-0.15, -0.1) is 0 Å². The van der Waals surface area contributed by atoms with Crippen LogP contribution in [0.25, 0.3) is 0 Å². The van der Waals surface area contributed by atoms with Crippen LogP contribution in [0.3, 0.4) is 0 Å². The number of hydrogen-bond donors (Lipinski definition) is 1. The number of benzene rings is 1. The molecule has 1 aromatic rings. The van der Waals surface area contributed by atoms with Crippen molar-refractivity contribution in [1.29, 1.82) is 0 Å². The van der Waals surface area contributed by atoms with Crippen molar-refractivity contribution in [3.63, 3.8) is 0 Å². The Kier molecular flexibility index (Phi) is 6.93. The second kappa shape index (κ2) is 8.97. The molecule has 1 N–H and O–H groups in total. The first-order valence-electron chi connectivity index (χ1n) is 9.33. The fourth-order valence-corrected chi connectivity index (χ4v) is 2.89. The van der Waals surface area contributed by atoms with Crippen molar-refractivity contribution < 1.29 is 23.8 Å². The minimum Gasteiger partial charge on any atom is -0.493 e. The number of nitrogens with zero attached hydrogens (tertiary/aromatic N) is 1. The van der Waals surface area contributed by atoms with E-state index in [1.165, 1.54) is 0 Å². The lowest BCUT2D eigenvalue weighted by molar-refractivity contribution is 0.0199. The van der Waals surface area contributed by atoms with Crippen LogP contribution >= 0.6 is 0 Å². The highest BCUT2D eigenvalue weighted by Crippen LogP contribution is 2.28. The van der Waals surface area contributed by atoms with Crippen LogP contribution in [0.1, 0.15) is 50.9 Å². The zero-order chi connectivity index (χ0) is 20.0. The molecule has 2 amide bonds. The van der Waals surface area contributed by atoms with Crippen LogP contribution in [-0.4, -0.2) is 55.3 Å². The summed E-state index contributed by atoms with van der Waals surface area (Å²) in [5, 5.41) is 3.04. The van der Waals surface area contributed by atoms with Crippen LogP contribution in [0.4, 0.5) is 4.79 Å². The van der Waals surface area contributed by atoms with Crippen molar-refractivity contribution in [3.05, 3.63) is 23.8 Å². The molecule has 0 spiro atoms. The summed E-state index contributed by atoms with van der Waals surface area (Å²) in [5.74, 6) is 0.987. The topological polar surface area (TPSA) is 77.1 Å².